The maximum atomic E-state index is 11.7. The number of aromatic nitrogens is 3. The Hall–Kier alpha value is -1.91. The summed E-state index contributed by atoms with van der Waals surface area (Å²) >= 11 is 0. The van der Waals surface area contributed by atoms with Gasteiger partial charge in [0.25, 0.3) is 0 Å². The molecule has 0 aromatic carbocycles. The smallest absolute Gasteiger partial charge is 0.418 e. The zero-order chi connectivity index (χ0) is 11.8. The van der Waals surface area contributed by atoms with Crippen molar-refractivity contribution >= 4 is 6.09 Å². The van der Waals surface area contributed by atoms with Crippen molar-refractivity contribution in [2.75, 3.05) is 0 Å². The molecule has 0 aliphatic carbocycles. The van der Waals surface area contributed by atoms with Gasteiger partial charge in [-0.25, -0.2) is 4.79 Å². The first-order chi connectivity index (χ1) is 7.46. The minimum Gasteiger partial charge on any atom is -0.443 e. The summed E-state index contributed by atoms with van der Waals surface area (Å²) < 4.78 is 6.59. The molecule has 2 aliphatic rings. The molecule has 0 fully saturated rings. The summed E-state index contributed by atoms with van der Waals surface area (Å²) in [6.07, 6.45) is 4.47. The highest BCUT2D eigenvalue weighted by molar-refractivity contribution is 5.73. The highest BCUT2D eigenvalue weighted by atomic mass is 16.6. The summed E-state index contributed by atoms with van der Waals surface area (Å²) in [6, 6.07) is 1.78. The van der Waals surface area contributed by atoms with E-state index in [1.807, 2.05) is 20.8 Å². The summed E-state index contributed by atoms with van der Waals surface area (Å²) in [7, 11) is 0. The molecule has 0 saturated heterocycles. The Morgan fingerprint density at radius 1 is 1.44 bits per heavy atom. The Labute approximate surface area is 93.4 Å². The Morgan fingerprint density at radius 3 is 2.88 bits per heavy atom. The third-order valence-corrected chi connectivity index (χ3v) is 1.94. The molecule has 0 bridgehead atoms. The molecule has 0 amide bonds. The maximum absolute atomic E-state index is 11.7. The van der Waals surface area contributed by atoms with Crippen LogP contribution in [0.15, 0.2) is 24.7 Å². The van der Waals surface area contributed by atoms with Crippen LogP contribution in [0.5, 0.6) is 0 Å². The minimum absolute atomic E-state index is 0.419. The minimum atomic E-state index is -0.503. The van der Waals surface area contributed by atoms with Crippen LogP contribution < -0.4 is 0 Å². The number of fused-ring (bicyclic) bond motifs is 1. The number of rotatable bonds is 0. The lowest BCUT2D eigenvalue weighted by Crippen LogP contribution is -2.27. The predicted molar refractivity (Wildman–Crippen MR) is 58.3 cm³/mol. The standard InChI is InChI=1S/C11H13N3O2/c1-11(2,3)16-10(15)14-5-4-8-6-12-13-9(8)7-14/h4-7H,1-3H3. The molecule has 0 N–H and O–H groups in total. The number of pyridine rings is 1. The number of hydrogen-bond donors (Lipinski definition) is 0. The van der Waals surface area contributed by atoms with E-state index in [-0.39, 0.29) is 0 Å². The first kappa shape index (κ1) is 10.6. The van der Waals surface area contributed by atoms with Gasteiger partial charge in [0.05, 0.1) is 6.20 Å². The summed E-state index contributed by atoms with van der Waals surface area (Å²) in [5.74, 6) is 0. The molecule has 0 saturated carbocycles. The first-order valence-corrected chi connectivity index (χ1v) is 4.98. The molecule has 0 spiro atoms. The van der Waals surface area contributed by atoms with E-state index < -0.39 is 11.7 Å². The fourth-order valence-corrected chi connectivity index (χ4v) is 1.27. The zero-order valence-corrected chi connectivity index (χ0v) is 9.47. The van der Waals surface area contributed by atoms with Gasteiger partial charge in [-0.2, -0.15) is 5.10 Å². The van der Waals surface area contributed by atoms with E-state index in [4.69, 9.17) is 4.74 Å². The molecular weight excluding hydrogens is 206 g/mol. The molecule has 5 nitrogen and oxygen atoms in total. The van der Waals surface area contributed by atoms with Gasteiger partial charge in [0.15, 0.2) is 0 Å². The van der Waals surface area contributed by atoms with E-state index >= 15 is 0 Å². The van der Waals surface area contributed by atoms with Crippen LogP contribution in [0.3, 0.4) is 0 Å². The quantitative estimate of drug-likeness (QED) is 0.681. The Kier molecular flexibility index (Phi) is 2.38. The molecule has 2 rings (SSSR count). The van der Waals surface area contributed by atoms with Crippen molar-refractivity contribution < 1.29 is 9.53 Å². The van der Waals surface area contributed by atoms with Gasteiger partial charge in [-0.05, 0) is 26.8 Å². The molecule has 84 valence electrons. The summed E-state index contributed by atoms with van der Waals surface area (Å²) in [5.41, 5.74) is 1.07. The van der Waals surface area contributed by atoms with Gasteiger partial charge in [0, 0.05) is 18.0 Å². The van der Waals surface area contributed by atoms with Crippen LogP contribution in [-0.4, -0.2) is 26.5 Å². The van der Waals surface area contributed by atoms with Crippen LogP contribution in [0.4, 0.5) is 4.79 Å². The van der Waals surface area contributed by atoms with Crippen LogP contribution in [-0.2, 0) is 4.74 Å². The topological polar surface area (TPSA) is 57.0 Å². The van der Waals surface area contributed by atoms with Crippen LogP contribution in [0.2, 0.25) is 0 Å². The van der Waals surface area contributed by atoms with Gasteiger partial charge in [-0.1, -0.05) is 0 Å². The maximum Gasteiger partial charge on any atom is 0.418 e. The Bertz CT molecular complexity index is 484. The summed E-state index contributed by atoms with van der Waals surface area (Å²) in [6.45, 7) is 5.48. The highest BCUT2D eigenvalue weighted by Crippen LogP contribution is 2.17. The fraction of sp³-hybridized carbons (Fsp3) is 0.364. The second kappa shape index (κ2) is 3.59. The van der Waals surface area contributed by atoms with E-state index in [0.717, 1.165) is 5.56 Å². The number of carbonyl (C=O) groups excluding carboxylic acids is 1. The Morgan fingerprint density at radius 2 is 2.19 bits per heavy atom. The van der Waals surface area contributed by atoms with Gasteiger partial charge in [0.1, 0.15) is 11.3 Å². The number of nitrogens with zero attached hydrogens (tertiary/aromatic N) is 3. The van der Waals surface area contributed by atoms with E-state index in [1.54, 1.807) is 24.7 Å². The Balaban J connectivity index is 2.27. The average molecular weight is 219 g/mol. The van der Waals surface area contributed by atoms with Gasteiger partial charge >= 0.3 is 6.09 Å². The number of ether oxygens (including phenoxy) is 1. The predicted octanol–water partition coefficient (Wildman–Crippen LogP) is 2.17. The lowest BCUT2D eigenvalue weighted by atomic mass is 10.2. The molecule has 0 radical (unpaired) electrons. The molecule has 0 atom stereocenters. The molecule has 2 heterocycles. The van der Waals surface area contributed by atoms with Crippen molar-refractivity contribution in [2.24, 2.45) is 0 Å². The van der Waals surface area contributed by atoms with Gasteiger partial charge < -0.3 is 4.74 Å². The highest BCUT2D eigenvalue weighted by Gasteiger charge is 2.18. The van der Waals surface area contributed by atoms with Gasteiger partial charge in [-0.15, -0.1) is 5.10 Å². The number of hydrogen-bond acceptors (Lipinski definition) is 4. The van der Waals surface area contributed by atoms with Crippen molar-refractivity contribution in [3.63, 3.8) is 0 Å². The van der Waals surface area contributed by atoms with E-state index in [1.165, 1.54) is 4.57 Å². The molecule has 5 heteroatoms. The van der Waals surface area contributed by atoms with Crippen LogP contribution in [0.1, 0.15) is 20.8 Å². The molecule has 0 aromatic heterocycles. The monoisotopic (exact) mass is 219 g/mol. The lowest BCUT2D eigenvalue weighted by molar-refractivity contribution is 0.0536. The van der Waals surface area contributed by atoms with E-state index in [9.17, 15) is 4.79 Å². The van der Waals surface area contributed by atoms with Gasteiger partial charge in [-0.3, -0.25) is 4.57 Å². The zero-order valence-electron chi connectivity index (χ0n) is 9.47. The summed E-state index contributed by atoms with van der Waals surface area (Å²) in [4.78, 5) is 11.7. The van der Waals surface area contributed by atoms with Crippen molar-refractivity contribution in [1.82, 2.24) is 14.8 Å². The van der Waals surface area contributed by atoms with Crippen LogP contribution in [0, 0.1) is 0 Å². The molecule has 2 aliphatic heterocycles. The van der Waals surface area contributed by atoms with Crippen molar-refractivity contribution in [3.8, 4) is 11.3 Å². The lowest BCUT2D eigenvalue weighted by Gasteiger charge is -2.20. The normalized spacial score (nSPS) is 11.7. The molecule has 0 unspecified atom stereocenters. The third-order valence-electron chi connectivity index (χ3n) is 1.94. The SMILES string of the molecule is CC(C)(C)OC(=O)n1ccc2cnnc-2c1. The second-order valence-corrected chi connectivity index (χ2v) is 4.52. The molecular formula is C11H13N3O2. The fourth-order valence-electron chi connectivity index (χ4n) is 1.27. The number of carbonyl (C=O) groups is 1. The third kappa shape index (κ3) is 2.18. The van der Waals surface area contributed by atoms with E-state index in [0.29, 0.717) is 5.69 Å². The first-order valence-electron chi connectivity index (χ1n) is 4.98. The average Bonchev–Trinajstić information content (AvgIpc) is 2.61. The second-order valence-electron chi connectivity index (χ2n) is 4.52. The van der Waals surface area contributed by atoms with Crippen molar-refractivity contribution in [3.05, 3.63) is 24.7 Å². The van der Waals surface area contributed by atoms with Crippen molar-refractivity contribution in [2.45, 2.75) is 26.4 Å². The van der Waals surface area contributed by atoms with Crippen LogP contribution in [0.25, 0.3) is 11.3 Å². The van der Waals surface area contributed by atoms with Gasteiger partial charge in [0.2, 0.25) is 0 Å². The molecule has 0 aromatic rings. The summed E-state index contributed by atoms with van der Waals surface area (Å²) in [5, 5.41) is 7.64. The van der Waals surface area contributed by atoms with E-state index in [2.05, 4.69) is 10.2 Å². The van der Waals surface area contributed by atoms with Crippen LogP contribution >= 0.6 is 0 Å². The largest absolute Gasteiger partial charge is 0.443 e. The molecule has 16 heavy (non-hydrogen) atoms. The van der Waals surface area contributed by atoms with Crippen molar-refractivity contribution in [1.29, 1.82) is 0 Å².